The van der Waals surface area contributed by atoms with E-state index in [0.29, 0.717) is 6.20 Å². The van der Waals surface area contributed by atoms with E-state index in [1.165, 1.54) is 6.92 Å². The summed E-state index contributed by atoms with van der Waals surface area (Å²) in [6.07, 6.45) is 3.94. The lowest BCUT2D eigenvalue weighted by Crippen LogP contribution is -2.00. The molecule has 0 aliphatic heterocycles. The van der Waals surface area contributed by atoms with Gasteiger partial charge in [-0.05, 0) is 13.0 Å². The Morgan fingerprint density at radius 1 is 1.36 bits per heavy atom. The van der Waals surface area contributed by atoms with Gasteiger partial charge in [0, 0.05) is 6.08 Å². The number of hydrogen-bond donors (Lipinski definition) is 2. The van der Waals surface area contributed by atoms with E-state index in [0.717, 1.165) is 18.2 Å². The Hall–Kier alpha value is -2.11. The van der Waals surface area contributed by atoms with Crippen LogP contribution in [-0.4, -0.2) is 21.1 Å². The van der Waals surface area contributed by atoms with Crippen molar-refractivity contribution in [2.45, 2.75) is 6.92 Å². The number of carbonyl (C=O) groups is 1. The Kier molecular flexibility index (Phi) is 4.69. The van der Waals surface area contributed by atoms with Crippen LogP contribution in [0, 0.1) is 10.1 Å². The topological polar surface area (TPSA) is 101 Å². The van der Waals surface area contributed by atoms with Gasteiger partial charge in [0.2, 0.25) is 6.20 Å². The molecule has 0 fully saturated rings. The molecule has 0 aromatic rings. The van der Waals surface area contributed by atoms with Gasteiger partial charge in [-0.3, -0.25) is 10.1 Å². The van der Waals surface area contributed by atoms with Crippen LogP contribution in [0.3, 0.4) is 0 Å². The molecule has 0 saturated heterocycles. The summed E-state index contributed by atoms with van der Waals surface area (Å²) in [4.78, 5) is 19.6. The molecule has 6 heteroatoms. The first kappa shape index (κ1) is 11.9. The minimum Gasteiger partial charge on any atom is -0.512 e. The summed E-state index contributed by atoms with van der Waals surface area (Å²) in [5, 5.41) is 27.2. The van der Waals surface area contributed by atoms with Crippen LogP contribution in [0.2, 0.25) is 0 Å². The van der Waals surface area contributed by atoms with Crippen molar-refractivity contribution in [1.29, 1.82) is 0 Å². The number of carboxylic acids is 1. The van der Waals surface area contributed by atoms with E-state index in [1.807, 2.05) is 0 Å². The minimum atomic E-state index is -1.30. The van der Waals surface area contributed by atoms with Gasteiger partial charge in [0.05, 0.1) is 10.5 Å². The minimum absolute atomic E-state index is 0.307. The monoisotopic (exact) mass is 199 g/mol. The molecule has 0 saturated carbocycles. The van der Waals surface area contributed by atoms with Gasteiger partial charge in [0.25, 0.3) is 0 Å². The first-order valence-electron chi connectivity index (χ1n) is 3.56. The summed E-state index contributed by atoms with van der Waals surface area (Å²) >= 11 is 0. The summed E-state index contributed by atoms with van der Waals surface area (Å²) in [7, 11) is 0. The second-order valence-electron chi connectivity index (χ2n) is 2.29. The molecule has 0 radical (unpaired) electrons. The number of aliphatic hydroxyl groups excluding tert-OH is 1. The fourth-order valence-corrected chi connectivity index (χ4v) is 0.618. The first-order valence-corrected chi connectivity index (χ1v) is 3.56. The van der Waals surface area contributed by atoms with Crippen LogP contribution in [0.15, 0.2) is 35.8 Å². The number of nitrogens with zero attached hydrogens (tertiary/aromatic N) is 1. The highest BCUT2D eigenvalue weighted by atomic mass is 16.6. The van der Waals surface area contributed by atoms with Crippen LogP contribution < -0.4 is 0 Å². The zero-order valence-electron chi connectivity index (χ0n) is 7.38. The Bertz CT molecular complexity index is 323. The van der Waals surface area contributed by atoms with Crippen molar-refractivity contribution in [1.82, 2.24) is 0 Å². The maximum atomic E-state index is 10.4. The standard InChI is InChI=1S/C8H9NO5/c1-6(10)7(8(11)12)4-2-3-5-9(13)14/h2-5,10H,1H3,(H,11,12)/b4-2-,5-3+,7-6-. The quantitative estimate of drug-likeness (QED) is 0.233. The van der Waals surface area contributed by atoms with Crippen molar-refractivity contribution in [3.63, 3.8) is 0 Å². The largest absolute Gasteiger partial charge is 0.512 e. The third-order valence-electron chi connectivity index (χ3n) is 1.20. The average molecular weight is 199 g/mol. The van der Waals surface area contributed by atoms with Crippen LogP contribution >= 0.6 is 0 Å². The second kappa shape index (κ2) is 5.52. The number of nitro groups is 1. The van der Waals surface area contributed by atoms with E-state index in [2.05, 4.69) is 0 Å². The average Bonchev–Trinajstić information content (AvgIpc) is 2.01. The van der Waals surface area contributed by atoms with E-state index < -0.39 is 10.9 Å². The zero-order valence-corrected chi connectivity index (χ0v) is 7.38. The van der Waals surface area contributed by atoms with Crippen molar-refractivity contribution >= 4 is 5.97 Å². The predicted octanol–water partition coefficient (Wildman–Crippen LogP) is 1.25. The zero-order chi connectivity index (χ0) is 11.1. The second-order valence-corrected chi connectivity index (χ2v) is 2.29. The van der Waals surface area contributed by atoms with Crippen molar-refractivity contribution in [2.24, 2.45) is 0 Å². The highest BCUT2D eigenvalue weighted by molar-refractivity contribution is 5.90. The number of rotatable bonds is 4. The molecule has 6 nitrogen and oxygen atoms in total. The summed E-state index contributed by atoms with van der Waals surface area (Å²) in [6, 6.07) is 0. The molecule has 0 atom stereocenters. The van der Waals surface area contributed by atoms with E-state index >= 15 is 0 Å². The number of carboxylic acid groups (broad SMARTS) is 1. The molecule has 2 N–H and O–H groups in total. The maximum Gasteiger partial charge on any atom is 0.339 e. The lowest BCUT2D eigenvalue weighted by atomic mass is 10.2. The van der Waals surface area contributed by atoms with Gasteiger partial charge in [0.15, 0.2) is 0 Å². The third kappa shape index (κ3) is 4.70. The van der Waals surface area contributed by atoms with Crippen LogP contribution in [0.4, 0.5) is 0 Å². The fraction of sp³-hybridized carbons (Fsp3) is 0.125. The van der Waals surface area contributed by atoms with Crippen LogP contribution in [0.25, 0.3) is 0 Å². The molecular formula is C8H9NO5. The van der Waals surface area contributed by atoms with Crippen LogP contribution in [0.5, 0.6) is 0 Å². The lowest BCUT2D eigenvalue weighted by Gasteiger charge is -1.94. The van der Waals surface area contributed by atoms with Crippen molar-refractivity contribution in [3.05, 3.63) is 45.9 Å². The molecule has 76 valence electrons. The number of allylic oxidation sites excluding steroid dienone is 3. The van der Waals surface area contributed by atoms with E-state index in [-0.39, 0.29) is 11.3 Å². The van der Waals surface area contributed by atoms with Gasteiger partial charge in [-0.1, -0.05) is 6.08 Å². The SMILES string of the molecule is C\C(O)=C(/C=C\C=C\[N+](=O)[O-])C(=O)O. The Morgan fingerprint density at radius 3 is 2.29 bits per heavy atom. The van der Waals surface area contributed by atoms with Gasteiger partial charge in [-0.2, -0.15) is 0 Å². The maximum absolute atomic E-state index is 10.4. The van der Waals surface area contributed by atoms with Crippen molar-refractivity contribution in [3.8, 4) is 0 Å². The Balaban J connectivity index is 4.57. The van der Waals surface area contributed by atoms with Gasteiger partial charge in [0.1, 0.15) is 5.76 Å². The molecule has 0 aromatic heterocycles. The Labute approximate surface area is 79.6 Å². The first-order chi connectivity index (χ1) is 6.45. The molecule has 0 spiro atoms. The van der Waals surface area contributed by atoms with Gasteiger partial charge in [-0.25, -0.2) is 4.79 Å². The normalized spacial score (nSPS) is 13.2. The van der Waals surface area contributed by atoms with Gasteiger partial charge < -0.3 is 10.2 Å². The molecule has 0 amide bonds. The van der Waals surface area contributed by atoms with E-state index in [4.69, 9.17) is 10.2 Å². The molecule has 0 rings (SSSR count). The summed E-state index contributed by atoms with van der Waals surface area (Å²) < 4.78 is 0. The van der Waals surface area contributed by atoms with Crippen molar-refractivity contribution < 1.29 is 19.9 Å². The molecule has 0 unspecified atom stereocenters. The van der Waals surface area contributed by atoms with Crippen LogP contribution in [-0.2, 0) is 4.79 Å². The number of hydrogen-bond acceptors (Lipinski definition) is 4. The molecule has 0 bridgehead atoms. The molecule has 0 heterocycles. The van der Waals surface area contributed by atoms with E-state index in [9.17, 15) is 14.9 Å². The van der Waals surface area contributed by atoms with Gasteiger partial charge in [-0.15, -0.1) is 0 Å². The fourth-order valence-electron chi connectivity index (χ4n) is 0.618. The highest BCUT2D eigenvalue weighted by Crippen LogP contribution is 2.02. The highest BCUT2D eigenvalue weighted by Gasteiger charge is 2.05. The predicted molar refractivity (Wildman–Crippen MR) is 48.2 cm³/mol. The molecule has 0 aliphatic rings. The van der Waals surface area contributed by atoms with E-state index in [1.54, 1.807) is 0 Å². The smallest absolute Gasteiger partial charge is 0.339 e. The summed E-state index contributed by atoms with van der Waals surface area (Å²) in [5.74, 6) is -1.65. The van der Waals surface area contributed by atoms with Gasteiger partial charge >= 0.3 is 5.97 Å². The number of aliphatic carboxylic acids is 1. The molecule has 0 aromatic carbocycles. The summed E-state index contributed by atoms with van der Waals surface area (Å²) in [5.41, 5.74) is -0.307. The summed E-state index contributed by atoms with van der Waals surface area (Å²) in [6.45, 7) is 1.21. The van der Waals surface area contributed by atoms with Crippen LogP contribution in [0.1, 0.15) is 6.92 Å². The molecule has 14 heavy (non-hydrogen) atoms. The number of aliphatic hydroxyl groups is 1. The Morgan fingerprint density at radius 2 is 1.93 bits per heavy atom. The molecular weight excluding hydrogens is 190 g/mol. The van der Waals surface area contributed by atoms with Crippen molar-refractivity contribution in [2.75, 3.05) is 0 Å². The molecule has 0 aliphatic carbocycles. The third-order valence-corrected chi connectivity index (χ3v) is 1.20. The lowest BCUT2D eigenvalue weighted by molar-refractivity contribution is -0.402.